The highest BCUT2D eigenvalue weighted by Gasteiger charge is 2.52. The van der Waals surface area contributed by atoms with E-state index in [4.69, 9.17) is 18.0 Å². The molecule has 0 unspecified atom stereocenters. The average Bonchev–Trinajstić information content (AvgIpc) is 3.09. The largest absolute Gasteiger partial charge is 0.392 e. The lowest BCUT2D eigenvalue weighted by Crippen LogP contribution is -2.42. The van der Waals surface area contributed by atoms with Gasteiger partial charge in [-0.15, -0.1) is 0 Å². The van der Waals surface area contributed by atoms with E-state index in [2.05, 4.69) is 17.3 Å². The molecular formula is C11H19N3OS. The fourth-order valence-corrected chi connectivity index (χ4v) is 2.22. The molecule has 1 amide bonds. The van der Waals surface area contributed by atoms with Crippen LogP contribution in [0.2, 0.25) is 0 Å². The number of carbonyl (C=O) groups is 1. The molecular weight excluding hydrogens is 222 g/mol. The highest BCUT2D eigenvalue weighted by molar-refractivity contribution is 7.80. The molecule has 2 fully saturated rings. The number of nitrogens with two attached hydrogens (primary N) is 1. The minimum Gasteiger partial charge on any atom is -0.392 e. The van der Waals surface area contributed by atoms with Gasteiger partial charge in [0.15, 0.2) is 0 Å². The number of carbonyl (C=O) groups excluding carboxylic acids is 1. The van der Waals surface area contributed by atoms with Crippen molar-refractivity contribution < 1.29 is 4.79 Å². The molecule has 5 heteroatoms. The normalized spacial score (nSPS) is 21.9. The van der Waals surface area contributed by atoms with Crippen LogP contribution in [0.5, 0.6) is 0 Å². The molecule has 0 spiro atoms. The minimum absolute atomic E-state index is 0.0178. The van der Waals surface area contributed by atoms with E-state index in [-0.39, 0.29) is 5.91 Å². The summed E-state index contributed by atoms with van der Waals surface area (Å²) in [5.74, 6) is 0.0178. The van der Waals surface area contributed by atoms with E-state index in [1.54, 1.807) is 0 Å². The zero-order chi connectivity index (χ0) is 11.8. The lowest BCUT2D eigenvalue weighted by molar-refractivity contribution is -0.124. The Morgan fingerprint density at radius 2 is 2.19 bits per heavy atom. The monoisotopic (exact) mass is 241 g/mol. The van der Waals surface area contributed by atoms with Crippen molar-refractivity contribution >= 4 is 23.1 Å². The first-order valence-corrected chi connectivity index (χ1v) is 6.25. The van der Waals surface area contributed by atoms with Crippen LogP contribution in [0.4, 0.5) is 0 Å². The number of amides is 1. The Morgan fingerprint density at radius 3 is 2.62 bits per heavy atom. The first-order chi connectivity index (χ1) is 7.56. The van der Waals surface area contributed by atoms with Gasteiger partial charge in [0, 0.05) is 19.1 Å². The maximum atomic E-state index is 11.8. The quantitative estimate of drug-likeness (QED) is 0.655. The molecule has 0 aromatic rings. The number of thiocarbonyl (C=S) groups is 1. The molecule has 0 aliphatic heterocycles. The zero-order valence-corrected chi connectivity index (χ0v) is 10.5. The SMILES string of the molecule is CN(CCNC(=O)C1(C(N)=S)CC1)C1CC1. The van der Waals surface area contributed by atoms with E-state index < -0.39 is 5.41 Å². The van der Waals surface area contributed by atoms with Gasteiger partial charge in [-0.1, -0.05) is 12.2 Å². The molecule has 2 aliphatic rings. The molecule has 16 heavy (non-hydrogen) atoms. The van der Waals surface area contributed by atoms with Gasteiger partial charge in [0.1, 0.15) is 0 Å². The molecule has 3 N–H and O–H groups in total. The number of hydrogen-bond acceptors (Lipinski definition) is 3. The lowest BCUT2D eigenvalue weighted by atomic mass is 10.1. The number of likely N-dealkylation sites (N-methyl/N-ethyl adjacent to an activating group) is 1. The van der Waals surface area contributed by atoms with Gasteiger partial charge >= 0.3 is 0 Å². The second-order valence-electron chi connectivity index (χ2n) is 4.91. The number of hydrogen-bond donors (Lipinski definition) is 2. The van der Waals surface area contributed by atoms with Gasteiger partial charge in [-0.3, -0.25) is 4.79 Å². The lowest BCUT2D eigenvalue weighted by Gasteiger charge is -2.18. The third-order valence-electron chi connectivity index (χ3n) is 3.58. The molecule has 0 aromatic heterocycles. The fourth-order valence-electron chi connectivity index (χ4n) is 1.92. The Hall–Kier alpha value is -0.680. The number of nitrogens with one attached hydrogen (secondary N) is 1. The second-order valence-corrected chi connectivity index (χ2v) is 5.35. The molecule has 0 aromatic carbocycles. The van der Waals surface area contributed by atoms with Crippen molar-refractivity contribution in [3.8, 4) is 0 Å². The van der Waals surface area contributed by atoms with Gasteiger partial charge in [-0.2, -0.15) is 0 Å². The Bertz CT molecular complexity index is 310. The third-order valence-corrected chi connectivity index (χ3v) is 3.97. The first-order valence-electron chi connectivity index (χ1n) is 5.85. The molecule has 2 rings (SSSR count). The highest BCUT2D eigenvalue weighted by Crippen LogP contribution is 2.46. The van der Waals surface area contributed by atoms with Gasteiger partial charge in [0.2, 0.25) is 5.91 Å². The summed E-state index contributed by atoms with van der Waals surface area (Å²) in [4.78, 5) is 14.5. The molecule has 0 atom stereocenters. The Morgan fingerprint density at radius 1 is 1.56 bits per heavy atom. The number of rotatable bonds is 6. The van der Waals surface area contributed by atoms with Gasteiger partial charge in [0.05, 0.1) is 10.4 Å². The van der Waals surface area contributed by atoms with Crippen molar-refractivity contribution in [1.29, 1.82) is 0 Å². The van der Waals surface area contributed by atoms with Crippen LogP contribution in [0.25, 0.3) is 0 Å². The third kappa shape index (κ3) is 2.35. The maximum Gasteiger partial charge on any atom is 0.233 e. The molecule has 2 aliphatic carbocycles. The number of nitrogens with zero attached hydrogens (tertiary/aromatic N) is 1. The van der Waals surface area contributed by atoms with Gasteiger partial charge in [0.25, 0.3) is 0 Å². The van der Waals surface area contributed by atoms with Crippen LogP contribution in [0.15, 0.2) is 0 Å². The molecule has 2 saturated carbocycles. The van der Waals surface area contributed by atoms with E-state index in [1.165, 1.54) is 12.8 Å². The van der Waals surface area contributed by atoms with Crippen molar-refractivity contribution in [2.24, 2.45) is 11.1 Å². The van der Waals surface area contributed by atoms with Crippen LogP contribution in [-0.4, -0.2) is 42.0 Å². The second kappa shape index (κ2) is 4.30. The molecule has 0 bridgehead atoms. The van der Waals surface area contributed by atoms with Gasteiger partial charge < -0.3 is 16.0 Å². The summed E-state index contributed by atoms with van der Waals surface area (Å²) in [5.41, 5.74) is 5.08. The summed E-state index contributed by atoms with van der Waals surface area (Å²) in [7, 11) is 2.10. The summed E-state index contributed by atoms with van der Waals surface area (Å²) in [6.45, 7) is 1.60. The Kier molecular flexibility index (Phi) is 3.17. The van der Waals surface area contributed by atoms with Crippen molar-refractivity contribution in [3.05, 3.63) is 0 Å². The predicted octanol–water partition coefficient (Wildman–Crippen LogP) is 0.263. The molecule has 0 saturated heterocycles. The summed E-state index contributed by atoms with van der Waals surface area (Å²) in [6.07, 6.45) is 4.21. The topological polar surface area (TPSA) is 58.4 Å². The minimum atomic E-state index is -0.506. The summed E-state index contributed by atoms with van der Waals surface area (Å²) < 4.78 is 0. The fraction of sp³-hybridized carbons (Fsp3) is 0.818. The Labute approximate surface area is 102 Å². The van der Waals surface area contributed by atoms with E-state index >= 15 is 0 Å². The van der Waals surface area contributed by atoms with Crippen LogP contribution >= 0.6 is 12.2 Å². The van der Waals surface area contributed by atoms with Crippen LogP contribution in [0.1, 0.15) is 25.7 Å². The predicted molar refractivity (Wildman–Crippen MR) is 67.1 cm³/mol. The molecule has 0 radical (unpaired) electrons. The summed E-state index contributed by atoms with van der Waals surface area (Å²) in [6, 6.07) is 0.738. The van der Waals surface area contributed by atoms with E-state index in [9.17, 15) is 4.79 Å². The summed E-state index contributed by atoms with van der Waals surface area (Å²) >= 11 is 4.93. The van der Waals surface area contributed by atoms with Crippen LogP contribution in [0, 0.1) is 5.41 Å². The standard InChI is InChI=1S/C11H19N3OS/c1-14(8-2-3-8)7-6-13-10(15)11(4-5-11)9(12)16/h8H,2-7H2,1H3,(H2,12,16)(H,13,15). The molecule has 0 heterocycles. The summed E-state index contributed by atoms with van der Waals surface area (Å²) in [5, 5.41) is 2.93. The Balaban J connectivity index is 1.69. The maximum absolute atomic E-state index is 11.8. The van der Waals surface area contributed by atoms with Crippen molar-refractivity contribution in [3.63, 3.8) is 0 Å². The first kappa shape index (κ1) is 11.8. The van der Waals surface area contributed by atoms with Gasteiger partial charge in [-0.25, -0.2) is 0 Å². The van der Waals surface area contributed by atoms with Crippen LogP contribution < -0.4 is 11.1 Å². The van der Waals surface area contributed by atoms with Gasteiger partial charge in [-0.05, 0) is 32.7 Å². The molecule has 90 valence electrons. The van der Waals surface area contributed by atoms with E-state index in [1.807, 2.05) is 0 Å². The smallest absolute Gasteiger partial charge is 0.233 e. The van der Waals surface area contributed by atoms with Crippen molar-refractivity contribution in [2.45, 2.75) is 31.7 Å². The highest BCUT2D eigenvalue weighted by atomic mass is 32.1. The van der Waals surface area contributed by atoms with Crippen LogP contribution in [0.3, 0.4) is 0 Å². The van der Waals surface area contributed by atoms with E-state index in [0.29, 0.717) is 11.5 Å². The zero-order valence-electron chi connectivity index (χ0n) is 9.66. The van der Waals surface area contributed by atoms with Crippen LogP contribution in [-0.2, 0) is 4.79 Å². The van der Waals surface area contributed by atoms with Crippen molar-refractivity contribution in [1.82, 2.24) is 10.2 Å². The van der Waals surface area contributed by atoms with Crippen molar-refractivity contribution in [2.75, 3.05) is 20.1 Å². The average molecular weight is 241 g/mol. The molecule has 4 nitrogen and oxygen atoms in total. The van der Waals surface area contributed by atoms with E-state index in [0.717, 1.165) is 25.4 Å².